The second-order valence-corrected chi connectivity index (χ2v) is 9.30. The van der Waals surface area contributed by atoms with E-state index in [1.807, 2.05) is 6.33 Å². The first-order chi connectivity index (χ1) is 16.2. The molecule has 4 aromatic rings. The highest BCUT2D eigenvalue weighted by molar-refractivity contribution is 5.93. The van der Waals surface area contributed by atoms with Crippen molar-refractivity contribution in [3.8, 4) is 11.3 Å². The molecule has 0 saturated carbocycles. The number of anilines is 1. The number of benzene rings is 1. The fourth-order valence-corrected chi connectivity index (χ4v) is 5.09. The Morgan fingerprint density at radius 3 is 2.76 bits per heavy atom. The molecule has 2 N–H and O–H groups in total. The molecule has 0 amide bonds. The number of aromatic amines is 1. The van der Waals surface area contributed by atoms with Crippen LogP contribution in [0.15, 0.2) is 36.9 Å². The van der Waals surface area contributed by atoms with Gasteiger partial charge in [-0.3, -0.25) is 0 Å². The van der Waals surface area contributed by atoms with Crippen molar-refractivity contribution in [2.24, 2.45) is 5.92 Å². The van der Waals surface area contributed by atoms with Gasteiger partial charge in [-0.25, -0.2) is 15.0 Å². The lowest BCUT2D eigenvalue weighted by Gasteiger charge is -2.32. The summed E-state index contributed by atoms with van der Waals surface area (Å²) in [6, 6.07) is 9.08. The zero-order chi connectivity index (χ0) is 22.8. The van der Waals surface area contributed by atoms with Gasteiger partial charge in [-0.15, -0.1) is 0 Å². The molecular weight excluding hydrogens is 412 g/mol. The molecule has 0 radical (unpaired) electrons. The fourth-order valence-electron chi connectivity index (χ4n) is 5.09. The minimum atomic E-state index is 0.274. The van der Waals surface area contributed by atoms with Crippen molar-refractivity contribution in [2.75, 3.05) is 24.6 Å². The second-order valence-electron chi connectivity index (χ2n) is 9.30. The second kappa shape index (κ2) is 9.51. The first kappa shape index (κ1) is 21.9. The van der Waals surface area contributed by atoms with Crippen LogP contribution in [-0.4, -0.2) is 49.3 Å². The highest BCUT2D eigenvalue weighted by Crippen LogP contribution is 2.33. The molecule has 1 aliphatic heterocycles. The van der Waals surface area contributed by atoms with Crippen molar-refractivity contribution >= 4 is 27.9 Å². The number of hydrogen-bond acceptors (Lipinski definition) is 5. The first-order valence-corrected chi connectivity index (χ1v) is 12.4. The molecule has 1 atom stereocenters. The summed E-state index contributed by atoms with van der Waals surface area (Å²) in [5.41, 5.74) is 6.00. The van der Waals surface area contributed by atoms with Crippen LogP contribution in [0, 0.1) is 5.92 Å². The van der Waals surface area contributed by atoms with Gasteiger partial charge in [0, 0.05) is 37.4 Å². The van der Waals surface area contributed by atoms with Crippen LogP contribution in [0.1, 0.15) is 58.4 Å². The lowest BCUT2D eigenvalue weighted by Crippen LogP contribution is -2.35. The van der Waals surface area contributed by atoms with E-state index in [0.29, 0.717) is 12.0 Å². The lowest BCUT2D eigenvalue weighted by molar-refractivity contribution is 0.203. The van der Waals surface area contributed by atoms with Crippen molar-refractivity contribution in [3.63, 3.8) is 0 Å². The van der Waals surface area contributed by atoms with E-state index in [2.05, 4.69) is 57.5 Å². The highest BCUT2D eigenvalue weighted by atomic mass is 16.3. The molecule has 3 aromatic heterocycles. The highest BCUT2D eigenvalue weighted by Gasteiger charge is 2.22. The van der Waals surface area contributed by atoms with Crippen LogP contribution < -0.4 is 4.90 Å². The van der Waals surface area contributed by atoms with Crippen molar-refractivity contribution in [3.05, 3.63) is 36.9 Å². The molecule has 1 aromatic carbocycles. The van der Waals surface area contributed by atoms with Gasteiger partial charge in [0.25, 0.3) is 0 Å². The number of pyridine rings is 1. The first-order valence-electron chi connectivity index (χ1n) is 12.4. The number of fused-ring (bicyclic) bond motifs is 2. The van der Waals surface area contributed by atoms with E-state index in [-0.39, 0.29) is 6.61 Å². The van der Waals surface area contributed by atoms with Gasteiger partial charge in [0.15, 0.2) is 0 Å². The molecule has 1 fully saturated rings. The monoisotopic (exact) mass is 446 g/mol. The summed E-state index contributed by atoms with van der Waals surface area (Å²) in [6.07, 6.45) is 10.5. The third-order valence-corrected chi connectivity index (χ3v) is 7.19. The minimum absolute atomic E-state index is 0.274. The Morgan fingerprint density at radius 2 is 2.00 bits per heavy atom. The van der Waals surface area contributed by atoms with Gasteiger partial charge >= 0.3 is 0 Å². The Hall–Kier alpha value is -2.93. The molecule has 7 heteroatoms. The van der Waals surface area contributed by atoms with Gasteiger partial charge in [-0.1, -0.05) is 32.8 Å². The molecule has 4 heterocycles. The molecule has 0 bridgehead atoms. The number of H-pyrrole nitrogens is 1. The summed E-state index contributed by atoms with van der Waals surface area (Å²) >= 11 is 0. The van der Waals surface area contributed by atoms with Gasteiger partial charge in [-0.05, 0) is 43.7 Å². The molecule has 0 spiro atoms. The smallest absolute Gasteiger partial charge is 0.131 e. The average Bonchev–Trinajstić information content (AvgIpc) is 3.51. The van der Waals surface area contributed by atoms with Crippen molar-refractivity contribution in [2.45, 2.75) is 58.4 Å². The molecule has 1 saturated heterocycles. The van der Waals surface area contributed by atoms with Crippen molar-refractivity contribution < 1.29 is 5.11 Å². The van der Waals surface area contributed by atoms with E-state index >= 15 is 0 Å². The predicted molar refractivity (Wildman–Crippen MR) is 133 cm³/mol. The quantitative estimate of drug-likeness (QED) is 0.382. The zero-order valence-electron chi connectivity index (χ0n) is 19.7. The van der Waals surface area contributed by atoms with Gasteiger partial charge in [0.1, 0.15) is 17.0 Å². The van der Waals surface area contributed by atoms with E-state index in [9.17, 15) is 5.11 Å². The van der Waals surface area contributed by atoms with E-state index in [1.54, 1.807) is 6.33 Å². The van der Waals surface area contributed by atoms with Crippen LogP contribution in [0.3, 0.4) is 0 Å². The van der Waals surface area contributed by atoms with E-state index < -0.39 is 0 Å². The lowest BCUT2D eigenvalue weighted by atomic mass is 9.98. The molecule has 5 rings (SSSR count). The maximum atomic E-state index is 9.48. The van der Waals surface area contributed by atoms with Gasteiger partial charge in [0.05, 0.1) is 29.2 Å². The standard InChI is InChI=1S/C26H34N6O/c1-3-5-6-20(4-2)32-17-29-21-13-19(7-8-23(21)32)25-26-22(27-16-28-26)14-24(30-25)31-11-9-18(15-33)10-12-31/h7-8,13-14,16-18,20,33H,3-6,9-12,15H2,1-2H3,(H,27,28). The number of nitrogens with zero attached hydrogens (tertiary/aromatic N) is 5. The summed E-state index contributed by atoms with van der Waals surface area (Å²) < 4.78 is 2.34. The Balaban J connectivity index is 1.51. The molecular formula is C26H34N6O. The molecule has 174 valence electrons. The van der Waals surface area contributed by atoms with E-state index in [1.165, 1.54) is 24.8 Å². The Labute approximate surface area is 194 Å². The van der Waals surface area contributed by atoms with Crippen molar-refractivity contribution in [1.29, 1.82) is 0 Å². The molecule has 7 nitrogen and oxygen atoms in total. The van der Waals surface area contributed by atoms with Gasteiger partial charge < -0.3 is 19.6 Å². The van der Waals surface area contributed by atoms with Gasteiger partial charge in [0.2, 0.25) is 0 Å². The van der Waals surface area contributed by atoms with Crippen molar-refractivity contribution in [1.82, 2.24) is 24.5 Å². The number of imidazole rings is 2. The summed E-state index contributed by atoms with van der Waals surface area (Å²) in [4.78, 5) is 20.0. The maximum absolute atomic E-state index is 9.48. The number of rotatable bonds is 8. The van der Waals surface area contributed by atoms with Crippen LogP contribution in [0.5, 0.6) is 0 Å². The Kier molecular flexibility index (Phi) is 6.31. The van der Waals surface area contributed by atoms with E-state index in [4.69, 9.17) is 9.97 Å². The van der Waals surface area contributed by atoms with Crippen LogP contribution >= 0.6 is 0 Å². The number of aliphatic hydroxyl groups excluding tert-OH is 1. The molecule has 1 unspecified atom stereocenters. The normalized spacial score (nSPS) is 16.2. The van der Waals surface area contributed by atoms with Crippen LogP contribution in [0.25, 0.3) is 33.3 Å². The summed E-state index contributed by atoms with van der Waals surface area (Å²) in [7, 11) is 0. The third-order valence-electron chi connectivity index (χ3n) is 7.19. The molecule has 33 heavy (non-hydrogen) atoms. The zero-order valence-corrected chi connectivity index (χ0v) is 19.7. The SMILES string of the molecule is CCCCC(CC)n1cnc2cc(-c3nc(N4CCC(CO)CC4)cc4[nH]cnc34)ccc21. The Bertz CT molecular complexity index is 1220. The number of hydrogen-bond donors (Lipinski definition) is 2. The maximum Gasteiger partial charge on any atom is 0.131 e. The number of aliphatic hydroxyl groups is 1. The molecule has 0 aliphatic carbocycles. The van der Waals surface area contributed by atoms with Crippen LogP contribution in [-0.2, 0) is 0 Å². The third kappa shape index (κ3) is 4.22. The average molecular weight is 447 g/mol. The number of aromatic nitrogens is 5. The van der Waals surface area contributed by atoms with Crippen LogP contribution in [0.4, 0.5) is 5.82 Å². The summed E-state index contributed by atoms with van der Waals surface area (Å²) in [5.74, 6) is 1.37. The van der Waals surface area contributed by atoms with Gasteiger partial charge in [-0.2, -0.15) is 0 Å². The Morgan fingerprint density at radius 1 is 1.15 bits per heavy atom. The summed E-state index contributed by atoms with van der Waals surface area (Å²) in [6.45, 7) is 6.61. The van der Waals surface area contributed by atoms with E-state index in [0.717, 1.165) is 66.0 Å². The predicted octanol–water partition coefficient (Wildman–Crippen LogP) is 5.32. The topological polar surface area (TPSA) is 82.9 Å². The fraction of sp³-hybridized carbons (Fsp3) is 0.500. The minimum Gasteiger partial charge on any atom is -0.396 e. The van der Waals surface area contributed by atoms with Crippen LogP contribution in [0.2, 0.25) is 0 Å². The number of piperidine rings is 1. The summed E-state index contributed by atoms with van der Waals surface area (Å²) in [5, 5.41) is 9.48. The number of unbranched alkanes of at least 4 members (excludes halogenated alkanes) is 1. The number of nitrogens with one attached hydrogen (secondary N) is 1. The largest absolute Gasteiger partial charge is 0.396 e. The molecule has 1 aliphatic rings.